The molecular weight excluding hydrogens is 1740 g/mol. The largest absolute Gasteiger partial charge is 0.508 e. The Morgan fingerprint density at radius 3 is 1.04 bits per heavy atom. The van der Waals surface area contributed by atoms with E-state index in [1.165, 1.54) is 123 Å². The third kappa shape index (κ3) is 21.4. The van der Waals surface area contributed by atoms with Crippen LogP contribution in [0.5, 0.6) is 11.8 Å². The fraction of sp³-hybridized carbons (Fsp3) is 0.229. The van der Waals surface area contributed by atoms with E-state index >= 15 is 0 Å². The van der Waals surface area contributed by atoms with Crippen molar-refractivity contribution in [2.45, 2.75) is 104 Å². The van der Waals surface area contributed by atoms with Gasteiger partial charge in [0.25, 0.3) is 0 Å². The molecule has 4 amide bonds. The summed E-state index contributed by atoms with van der Waals surface area (Å²) in [4.78, 5) is 90.5. The Kier molecular flexibility index (Phi) is 26.8. The quantitative estimate of drug-likeness (QED) is 0.0735. The number of ether oxygens (including phenoxy) is 1. The van der Waals surface area contributed by atoms with E-state index < -0.39 is 0 Å². The predicted molar refractivity (Wildman–Crippen MR) is 468 cm³/mol. The molecule has 2 fully saturated rings. The van der Waals surface area contributed by atoms with E-state index in [1.807, 2.05) is 6.07 Å². The minimum absolute atomic E-state index is 0.0226. The first-order valence-corrected chi connectivity index (χ1v) is 42.7. The minimum atomic E-state index is -0.382. The van der Waals surface area contributed by atoms with Gasteiger partial charge in [-0.3, -0.25) is 19.2 Å². The van der Waals surface area contributed by atoms with Crippen LogP contribution in [0.2, 0.25) is 0 Å². The first kappa shape index (κ1) is 89.8. The summed E-state index contributed by atoms with van der Waals surface area (Å²) >= 11 is 0. The molecule has 134 heavy (non-hydrogen) atoms. The number of rotatable bonds is 19. The van der Waals surface area contributed by atoms with Crippen molar-refractivity contribution in [1.82, 2.24) is 109 Å². The van der Waals surface area contributed by atoms with Gasteiger partial charge in [-0.15, -0.1) is 30.6 Å². The lowest BCUT2D eigenvalue weighted by Gasteiger charge is -2.30. The van der Waals surface area contributed by atoms with Gasteiger partial charge in [-0.1, -0.05) is 11.2 Å². The highest BCUT2D eigenvalue weighted by Gasteiger charge is 2.33. The minimum Gasteiger partial charge on any atom is -0.508 e. The van der Waals surface area contributed by atoms with Crippen LogP contribution < -0.4 is 4.74 Å². The van der Waals surface area contributed by atoms with Gasteiger partial charge in [0.1, 0.15) is 78.5 Å². The molecule has 4 aliphatic rings. The van der Waals surface area contributed by atoms with E-state index in [9.17, 15) is 59.4 Å². The maximum absolute atomic E-state index is 13.5. The molecule has 0 saturated carbocycles. The molecule has 16 aromatic rings. The third-order valence-corrected chi connectivity index (χ3v) is 22.8. The van der Waals surface area contributed by atoms with Gasteiger partial charge in [-0.05, 0) is 250 Å². The fourth-order valence-corrected chi connectivity index (χ4v) is 15.7. The summed E-state index contributed by atoms with van der Waals surface area (Å²) in [5.41, 5.74) is 8.53. The Morgan fingerprint density at radius 2 is 0.701 bits per heavy atom. The number of benzene rings is 9. The van der Waals surface area contributed by atoms with E-state index in [0.717, 1.165) is 48.1 Å². The lowest BCUT2D eigenvalue weighted by Crippen LogP contribution is -2.40. The highest BCUT2D eigenvalue weighted by molar-refractivity contribution is 5.80. The number of phenolic OH excluding ortho intramolecular Hbond substituents is 1. The molecule has 1 N–H and O–H groups in total. The van der Waals surface area contributed by atoms with Gasteiger partial charge in [0, 0.05) is 134 Å². The summed E-state index contributed by atoms with van der Waals surface area (Å²) in [6.07, 6.45) is 5.19. The van der Waals surface area contributed by atoms with Gasteiger partial charge in [-0.2, -0.15) is 9.97 Å². The highest BCUT2D eigenvalue weighted by atomic mass is 19.2. The van der Waals surface area contributed by atoms with Crippen molar-refractivity contribution in [3.05, 3.63) is 311 Å². The number of aromatic nitrogens is 18. The van der Waals surface area contributed by atoms with Crippen LogP contribution in [0.4, 0.5) is 35.1 Å². The molecule has 0 bridgehead atoms. The summed E-state index contributed by atoms with van der Waals surface area (Å²) in [6.45, 7) is 7.34. The molecule has 9 aromatic carbocycles. The first-order valence-electron chi connectivity index (χ1n) is 42.7. The number of nitrogens with zero attached hydrogens (tertiary/aromatic N) is 22. The van der Waals surface area contributed by atoms with E-state index in [4.69, 9.17) is 13.7 Å². The zero-order valence-electron chi connectivity index (χ0n) is 72.1. The van der Waals surface area contributed by atoms with Crippen molar-refractivity contribution in [2.75, 3.05) is 39.8 Å². The molecule has 7 aromatic heterocycles. The highest BCUT2D eigenvalue weighted by Crippen LogP contribution is 2.35. The zero-order valence-corrected chi connectivity index (χ0v) is 72.1. The number of likely N-dealkylation sites (tertiary alicyclic amines) is 2. The maximum atomic E-state index is 13.5. The summed E-state index contributed by atoms with van der Waals surface area (Å²) < 4.78 is 129. The van der Waals surface area contributed by atoms with Crippen LogP contribution in [-0.4, -0.2) is 178 Å². The van der Waals surface area contributed by atoms with Crippen molar-refractivity contribution in [2.24, 2.45) is 0 Å². The number of methoxy groups -OCH3 is 1. The predicted octanol–water partition coefficient (Wildman–Crippen LogP) is 15.4. The molecule has 20 rings (SSSR count). The van der Waals surface area contributed by atoms with E-state index in [1.54, 1.807) is 149 Å². The number of hydrogen-bond donors (Lipinski definition) is 1. The van der Waals surface area contributed by atoms with Crippen molar-refractivity contribution < 1.29 is 73.1 Å². The van der Waals surface area contributed by atoms with Crippen LogP contribution in [0.3, 0.4) is 0 Å². The number of aryl methyl sites for hydroxylation is 2. The number of aromatic hydroxyl groups is 1. The third-order valence-electron chi connectivity index (χ3n) is 22.8. The lowest BCUT2D eigenvalue weighted by atomic mass is 9.97. The van der Waals surface area contributed by atoms with Gasteiger partial charge in [-0.25, -0.2) is 78.8 Å². The molecule has 680 valence electrons. The molecule has 4 aliphatic heterocycles. The molecular formula is C96H82F8N22O8. The van der Waals surface area contributed by atoms with E-state index in [2.05, 4.69) is 70.6 Å². The van der Waals surface area contributed by atoms with Gasteiger partial charge in [0.2, 0.25) is 41.3 Å². The number of carbonyl (C=O) groups is 4. The second-order valence-electron chi connectivity index (χ2n) is 32.0. The second-order valence-corrected chi connectivity index (χ2v) is 32.0. The Bertz CT molecular complexity index is 6660. The molecule has 0 aliphatic carbocycles. The number of hydrogen-bond acceptors (Lipinski definition) is 22. The Hall–Kier alpha value is -16.2. The van der Waals surface area contributed by atoms with Crippen LogP contribution in [0, 0.1) is 60.4 Å². The fourth-order valence-electron chi connectivity index (χ4n) is 15.7. The van der Waals surface area contributed by atoms with Crippen LogP contribution in [0.15, 0.2) is 227 Å². The Labute approximate surface area is 759 Å². The van der Waals surface area contributed by atoms with E-state index in [0.29, 0.717) is 179 Å². The standard InChI is InChI=1S/2C24H22F2N6O2.C24H20F2N6O2.C24H18F2N4O2/c1-15-28-29-24(34-15)18-10-12-31(13-11-18)21(33)14-32-23(17-4-8-20(26)9-5-17)27-22(30-32)16-2-6-19(25)7-3-16;1-15-27-24(34-30-15)18-10-12-31(13-11-18)21(33)14-32-23(17-4-8-20(26)9-5-17)28-22(29-32)16-2-6-19(25)7-3-16;1-34-24-27-12-17-13-31(11-10-20(17)28-24)21(33)14-32-23(16-4-8-19(26)9-5-16)29-22(30-32)15-2-6-18(25)7-3-15;25-19-6-1-15(2-7-19)23-27-24(16-3-8-20(26)9-4-16)30(28-23)14-22(32)29-12-17-5-10-21(31)11-18(17)13-29/h2*2-9,18H,10-14H2,1H3;2-9,12H,10-11,13-14H2,1H3;1-11,31H,12-14H2. The number of carbonyl (C=O) groups excluding carboxylic acids is 4. The van der Waals surface area contributed by atoms with Crippen LogP contribution in [0.1, 0.15) is 83.4 Å². The molecule has 0 unspecified atom stereocenters. The normalized spacial score (nSPS) is 13.7. The summed E-state index contributed by atoms with van der Waals surface area (Å²) in [5, 5.41) is 39.6. The number of phenols is 1. The zero-order chi connectivity index (χ0) is 93.2. The van der Waals surface area contributed by atoms with Gasteiger partial charge in [0.15, 0.2) is 52.4 Å². The van der Waals surface area contributed by atoms with Crippen molar-refractivity contribution >= 4 is 23.6 Å². The molecule has 11 heterocycles. The number of amides is 4. The number of halogens is 8. The molecule has 0 radical (unpaired) electrons. The van der Waals surface area contributed by atoms with Gasteiger partial charge in [0.05, 0.1) is 12.8 Å². The maximum Gasteiger partial charge on any atom is 0.316 e. The lowest BCUT2D eigenvalue weighted by molar-refractivity contribution is -0.133. The molecule has 30 nitrogen and oxygen atoms in total. The summed E-state index contributed by atoms with van der Waals surface area (Å²) in [7, 11) is 1.51. The Morgan fingerprint density at radius 1 is 0.373 bits per heavy atom. The second kappa shape index (κ2) is 40.0. The van der Waals surface area contributed by atoms with Crippen molar-refractivity contribution in [1.29, 1.82) is 0 Å². The Balaban J connectivity index is 0.000000124. The monoisotopic (exact) mass is 1820 g/mol. The van der Waals surface area contributed by atoms with Crippen LogP contribution >= 0.6 is 0 Å². The first-order chi connectivity index (χ1) is 64.9. The van der Waals surface area contributed by atoms with Gasteiger partial charge < -0.3 is 38.4 Å². The molecule has 38 heteroatoms. The van der Waals surface area contributed by atoms with Crippen molar-refractivity contribution in [3.63, 3.8) is 0 Å². The molecule has 0 atom stereocenters. The topological polar surface area (TPSA) is 337 Å². The summed E-state index contributed by atoms with van der Waals surface area (Å²) in [6, 6.07) is 51.8. The summed E-state index contributed by atoms with van der Waals surface area (Å²) in [5.74, 6) is 2.40. The van der Waals surface area contributed by atoms with Crippen LogP contribution in [0.25, 0.3) is 91.1 Å². The average Bonchev–Trinajstić information content (AvgIpc) is 1.67. The van der Waals surface area contributed by atoms with E-state index in [-0.39, 0.29) is 114 Å². The smallest absolute Gasteiger partial charge is 0.316 e. The van der Waals surface area contributed by atoms with Crippen molar-refractivity contribution in [3.8, 4) is 103 Å². The van der Waals surface area contributed by atoms with Crippen LogP contribution in [-0.2, 0) is 71.4 Å². The average molecular weight is 1820 g/mol. The van der Waals surface area contributed by atoms with Gasteiger partial charge >= 0.3 is 6.01 Å². The SMILES string of the molecule is COc1ncc2c(n1)CCN(C(=O)Cn1nc(-c3ccc(F)cc3)nc1-c1ccc(F)cc1)C2.Cc1nnc(C2CCN(C(=O)Cn3nc(-c4ccc(F)cc4)nc3-c3ccc(F)cc3)CC2)o1.Cc1noc(C2CCN(C(=O)Cn3nc(-c4ccc(F)cc4)nc3-c3ccc(F)cc3)CC2)n1.O=C(Cn1nc(-c2ccc(F)cc2)nc1-c1ccc(F)cc1)N1Cc2ccc(O)cc2C1. The molecule has 2 saturated heterocycles. The number of fused-ring (bicyclic) bond motifs is 2. The molecule has 0 spiro atoms. The number of piperidine rings is 2.